The molecule has 8 heteroatoms. The summed E-state index contributed by atoms with van der Waals surface area (Å²) >= 11 is 0. The molecule has 1 aromatic heterocycles. The maximum absolute atomic E-state index is 12.2. The van der Waals surface area contributed by atoms with E-state index in [1.54, 1.807) is 12.1 Å². The van der Waals surface area contributed by atoms with Gasteiger partial charge >= 0.3 is 6.36 Å². The molecule has 36 heavy (non-hydrogen) atoms. The van der Waals surface area contributed by atoms with Gasteiger partial charge in [-0.15, -0.1) is 13.2 Å². The third-order valence-corrected chi connectivity index (χ3v) is 6.24. The largest absolute Gasteiger partial charge is 0.573 e. The molecular weight excluding hydrogens is 467 g/mol. The summed E-state index contributed by atoms with van der Waals surface area (Å²) in [4.78, 5) is 2.44. The van der Waals surface area contributed by atoms with E-state index in [9.17, 15) is 13.2 Å². The Morgan fingerprint density at radius 1 is 1.08 bits per heavy atom. The maximum atomic E-state index is 12.2. The molecule has 3 rings (SSSR count). The van der Waals surface area contributed by atoms with Gasteiger partial charge in [0.15, 0.2) is 0 Å². The molecule has 2 atom stereocenters. The summed E-state index contributed by atoms with van der Waals surface area (Å²) in [5.74, 6) is 0.607. The Morgan fingerprint density at radius 2 is 1.78 bits per heavy atom. The summed E-state index contributed by atoms with van der Waals surface area (Å²) in [5, 5.41) is 4.69. The molecule has 0 spiro atoms. The number of nitrogens with zero attached hydrogens (tertiary/aromatic N) is 3. The fourth-order valence-electron chi connectivity index (χ4n) is 4.09. The molecule has 2 aromatic rings. The molecule has 1 aromatic carbocycles. The molecule has 0 amide bonds. The number of aromatic nitrogens is 2. The van der Waals surface area contributed by atoms with Gasteiger partial charge < -0.3 is 14.4 Å². The molecule has 1 fully saturated rings. The lowest BCUT2D eigenvalue weighted by atomic mass is 10.1. The van der Waals surface area contributed by atoms with Gasteiger partial charge in [0.1, 0.15) is 5.75 Å². The predicted molar refractivity (Wildman–Crippen MR) is 141 cm³/mol. The summed E-state index contributed by atoms with van der Waals surface area (Å²) in [5.41, 5.74) is 2.61. The number of alkyl halides is 3. The molecule has 206 valence electrons. The minimum atomic E-state index is -4.67. The Bertz CT molecular complexity index is 853. The van der Waals surface area contributed by atoms with Gasteiger partial charge in [-0.05, 0) is 75.4 Å². The van der Waals surface area contributed by atoms with Crippen molar-refractivity contribution in [2.45, 2.75) is 86.6 Å². The van der Waals surface area contributed by atoms with Crippen LogP contribution in [0.3, 0.4) is 0 Å². The van der Waals surface area contributed by atoms with Gasteiger partial charge in [0.2, 0.25) is 0 Å². The molecule has 1 aliphatic rings. The fraction of sp³-hybridized carbons (Fsp3) is 0.679. The van der Waals surface area contributed by atoms with Crippen molar-refractivity contribution in [2.75, 3.05) is 32.8 Å². The molecule has 1 aliphatic heterocycles. The third-order valence-electron chi connectivity index (χ3n) is 6.24. The molecule has 0 radical (unpaired) electrons. The number of benzene rings is 1. The SMILES string of the molecule is C.CCCN1CCC(n2nc(-c3ccc(OC(F)(F)F)cc3)cc2C)C1.CCCOCCC(C)CC. The monoisotopic (exact) mass is 513 g/mol. The van der Waals surface area contributed by atoms with Crippen molar-refractivity contribution in [1.82, 2.24) is 14.7 Å². The third kappa shape index (κ3) is 10.9. The summed E-state index contributed by atoms with van der Waals surface area (Å²) in [6, 6.07) is 8.16. The van der Waals surface area contributed by atoms with Gasteiger partial charge in [-0.2, -0.15) is 5.10 Å². The van der Waals surface area contributed by atoms with Crippen LogP contribution in [0.5, 0.6) is 5.75 Å². The average Bonchev–Trinajstić information content (AvgIpc) is 3.43. The van der Waals surface area contributed by atoms with Crippen molar-refractivity contribution in [1.29, 1.82) is 0 Å². The van der Waals surface area contributed by atoms with Crippen LogP contribution < -0.4 is 4.74 Å². The first-order valence-corrected chi connectivity index (χ1v) is 12.9. The summed E-state index contributed by atoms with van der Waals surface area (Å²) in [6.45, 7) is 15.9. The van der Waals surface area contributed by atoms with Gasteiger partial charge in [0.25, 0.3) is 0 Å². The number of rotatable bonds is 11. The number of halogens is 3. The molecule has 2 unspecified atom stereocenters. The van der Waals surface area contributed by atoms with Gasteiger partial charge in [0, 0.05) is 37.6 Å². The second-order valence-corrected chi connectivity index (χ2v) is 9.35. The highest BCUT2D eigenvalue weighted by Crippen LogP contribution is 2.29. The first kappa shape index (κ1) is 32.0. The van der Waals surface area contributed by atoms with Gasteiger partial charge in [-0.25, -0.2) is 0 Å². The minimum Gasteiger partial charge on any atom is -0.406 e. The van der Waals surface area contributed by atoms with E-state index in [1.807, 2.05) is 17.7 Å². The molecule has 5 nitrogen and oxygen atoms in total. The Morgan fingerprint density at radius 3 is 2.36 bits per heavy atom. The first-order valence-electron chi connectivity index (χ1n) is 12.9. The fourth-order valence-corrected chi connectivity index (χ4v) is 4.09. The summed E-state index contributed by atoms with van der Waals surface area (Å²) < 4.78 is 48.0. The molecule has 1 saturated heterocycles. The van der Waals surface area contributed by atoms with Crippen LogP contribution in [0.2, 0.25) is 0 Å². The van der Waals surface area contributed by atoms with E-state index in [1.165, 1.54) is 25.0 Å². The number of aryl methyl sites for hydroxylation is 1. The van der Waals surface area contributed by atoms with E-state index in [-0.39, 0.29) is 13.2 Å². The lowest BCUT2D eigenvalue weighted by molar-refractivity contribution is -0.274. The first-order chi connectivity index (χ1) is 16.7. The van der Waals surface area contributed by atoms with Gasteiger partial charge in [-0.1, -0.05) is 41.5 Å². The van der Waals surface area contributed by atoms with Crippen LogP contribution in [0.15, 0.2) is 30.3 Å². The van der Waals surface area contributed by atoms with Gasteiger partial charge in [-0.3, -0.25) is 4.68 Å². The van der Waals surface area contributed by atoms with Crippen LogP contribution in [0, 0.1) is 12.8 Å². The maximum Gasteiger partial charge on any atom is 0.573 e. The zero-order valence-corrected chi connectivity index (χ0v) is 21.9. The lowest BCUT2D eigenvalue weighted by Crippen LogP contribution is -2.23. The highest BCUT2D eigenvalue weighted by Gasteiger charge is 2.31. The Balaban J connectivity index is 0.000000504. The van der Waals surface area contributed by atoms with Crippen molar-refractivity contribution in [3.8, 4) is 17.0 Å². The Hall–Kier alpha value is -2.06. The van der Waals surface area contributed by atoms with Crippen molar-refractivity contribution in [3.63, 3.8) is 0 Å². The molecule has 0 aliphatic carbocycles. The van der Waals surface area contributed by atoms with Crippen LogP contribution in [0.4, 0.5) is 13.2 Å². The normalized spacial score (nSPS) is 16.7. The van der Waals surface area contributed by atoms with Crippen molar-refractivity contribution < 1.29 is 22.6 Å². The van der Waals surface area contributed by atoms with Crippen molar-refractivity contribution in [2.24, 2.45) is 5.92 Å². The van der Waals surface area contributed by atoms with Crippen molar-refractivity contribution >= 4 is 0 Å². The van der Waals surface area contributed by atoms with Crippen LogP contribution >= 0.6 is 0 Å². The predicted octanol–water partition coefficient (Wildman–Crippen LogP) is 7.90. The molecule has 2 heterocycles. The van der Waals surface area contributed by atoms with E-state index in [2.05, 4.69) is 42.4 Å². The van der Waals surface area contributed by atoms with Crippen LogP contribution in [-0.2, 0) is 4.74 Å². The number of ether oxygens (including phenoxy) is 2. The minimum absolute atomic E-state index is 0. The van der Waals surface area contributed by atoms with Gasteiger partial charge in [0.05, 0.1) is 11.7 Å². The quantitative estimate of drug-likeness (QED) is 0.286. The van der Waals surface area contributed by atoms with E-state index in [0.717, 1.165) is 75.0 Å². The van der Waals surface area contributed by atoms with Crippen LogP contribution in [0.25, 0.3) is 11.3 Å². The summed E-state index contributed by atoms with van der Waals surface area (Å²) in [7, 11) is 0. The van der Waals surface area contributed by atoms with E-state index in [4.69, 9.17) is 4.74 Å². The highest BCUT2D eigenvalue weighted by atomic mass is 19.4. The average molecular weight is 514 g/mol. The van der Waals surface area contributed by atoms with E-state index >= 15 is 0 Å². The molecule has 0 bridgehead atoms. The Kier molecular flexibility index (Phi) is 14.1. The number of hydrogen-bond donors (Lipinski definition) is 0. The van der Waals surface area contributed by atoms with E-state index in [0.29, 0.717) is 6.04 Å². The zero-order chi connectivity index (χ0) is 25.8. The van der Waals surface area contributed by atoms with Crippen LogP contribution in [0.1, 0.15) is 79.0 Å². The lowest BCUT2D eigenvalue weighted by Gasteiger charge is -2.16. The Labute approximate surface area is 216 Å². The second kappa shape index (κ2) is 15.9. The van der Waals surface area contributed by atoms with E-state index < -0.39 is 6.36 Å². The zero-order valence-electron chi connectivity index (χ0n) is 21.9. The smallest absolute Gasteiger partial charge is 0.406 e. The number of hydrogen-bond acceptors (Lipinski definition) is 4. The van der Waals surface area contributed by atoms with Crippen LogP contribution in [-0.4, -0.2) is 53.9 Å². The second-order valence-electron chi connectivity index (χ2n) is 9.35. The number of likely N-dealkylation sites (tertiary alicyclic amines) is 1. The summed E-state index contributed by atoms with van der Waals surface area (Å²) in [6.07, 6.45) is 1.17. The molecule has 0 N–H and O–H groups in total. The molecule has 0 saturated carbocycles. The standard InChI is InChI=1S/C18H22F3N3O.C9H20O.CH4/c1-3-9-23-10-8-15(12-23)24-13(2)11-17(22-24)14-4-6-16(7-5-14)25-18(19,20)21;1-4-7-10-8-6-9(3)5-2;/h4-7,11,15H,3,8-10,12H2,1-2H3;9H,4-8H2,1-3H3;1H4. The highest BCUT2D eigenvalue weighted by molar-refractivity contribution is 5.60. The molecular formula is C28H46F3N3O2. The van der Waals surface area contributed by atoms with Crippen molar-refractivity contribution in [3.05, 3.63) is 36.0 Å². The topological polar surface area (TPSA) is 39.5 Å².